The van der Waals surface area contributed by atoms with Crippen molar-refractivity contribution in [1.82, 2.24) is 19.8 Å². The van der Waals surface area contributed by atoms with E-state index in [4.69, 9.17) is 24.5 Å². The van der Waals surface area contributed by atoms with Crippen LogP contribution in [0, 0.1) is 5.92 Å². The van der Waals surface area contributed by atoms with Crippen molar-refractivity contribution in [2.75, 3.05) is 26.7 Å². The lowest BCUT2D eigenvalue weighted by molar-refractivity contribution is -0.193. The number of nitrogens with zero attached hydrogens (tertiary/aromatic N) is 4. The third-order valence-electron chi connectivity index (χ3n) is 5.79. The molecular formula is C22H26F6N4O5S. The van der Waals surface area contributed by atoms with Crippen LogP contribution in [0.5, 0.6) is 0 Å². The maximum atomic E-state index is 10.6. The van der Waals surface area contributed by atoms with Gasteiger partial charge >= 0.3 is 24.3 Å². The second kappa shape index (κ2) is 13.8. The molecule has 2 saturated heterocycles. The molecule has 2 aromatic heterocycles. The van der Waals surface area contributed by atoms with E-state index in [1.807, 2.05) is 31.8 Å². The van der Waals surface area contributed by atoms with E-state index in [-0.39, 0.29) is 0 Å². The molecule has 2 aliphatic heterocycles. The van der Waals surface area contributed by atoms with Gasteiger partial charge in [0.15, 0.2) is 0 Å². The molecule has 38 heavy (non-hydrogen) atoms. The number of carboxylic acids is 2. The molecule has 0 amide bonds. The van der Waals surface area contributed by atoms with Crippen LogP contribution in [0.3, 0.4) is 0 Å². The predicted octanol–water partition coefficient (Wildman–Crippen LogP) is 3.53. The molecule has 0 spiro atoms. The van der Waals surface area contributed by atoms with Gasteiger partial charge in [-0.05, 0) is 18.1 Å². The van der Waals surface area contributed by atoms with E-state index in [1.54, 1.807) is 11.3 Å². The summed E-state index contributed by atoms with van der Waals surface area (Å²) in [6.45, 7) is 5.25. The first-order chi connectivity index (χ1) is 17.7. The van der Waals surface area contributed by atoms with Gasteiger partial charge in [0, 0.05) is 69.2 Å². The lowest BCUT2D eigenvalue weighted by atomic mass is 9.89. The van der Waals surface area contributed by atoms with Gasteiger partial charge in [0.2, 0.25) is 0 Å². The summed E-state index contributed by atoms with van der Waals surface area (Å²) < 4.78 is 69.3. The number of hydrogen-bond donors (Lipinski definition) is 2. The number of pyridine rings is 1. The molecule has 0 aromatic carbocycles. The van der Waals surface area contributed by atoms with Gasteiger partial charge in [-0.3, -0.25) is 14.8 Å². The van der Waals surface area contributed by atoms with Crippen LogP contribution in [0.4, 0.5) is 26.3 Å². The number of carbonyl (C=O) groups is 2. The van der Waals surface area contributed by atoms with Gasteiger partial charge in [-0.25, -0.2) is 14.6 Å². The largest absolute Gasteiger partial charge is 0.490 e. The van der Waals surface area contributed by atoms with Crippen LogP contribution in [-0.2, 0) is 27.4 Å². The Labute approximate surface area is 217 Å². The number of thiazole rings is 1. The van der Waals surface area contributed by atoms with Crippen molar-refractivity contribution in [3.05, 3.63) is 46.7 Å². The third-order valence-corrected chi connectivity index (χ3v) is 6.56. The number of aliphatic carboxylic acids is 2. The van der Waals surface area contributed by atoms with Crippen LogP contribution in [0.2, 0.25) is 0 Å². The second-order valence-electron chi connectivity index (χ2n) is 8.35. The number of rotatable bonds is 5. The molecule has 0 aliphatic carbocycles. The first-order valence-corrected chi connectivity index (χ1v) is 12.0. The molecule has 2 N–H and O–H groups in total. The van der Waals surface area contributed by atoms with E-state index >= 15 is 0 Å². The van der Waals surface area contributed by atoms with Crippen molar-refractivity contribution >= 4 is 23.3 Å². The standard InChI is InChI=1S/C18H24N4OS.2C2HF3O2/c1-23-17-4-7-22(13-18-20-6-8-24-18)16-12-21(11-15(16)17)10-14-3-2-5-19-9-14;2*3-2(4,5)1(6)7/h2-3,5-6,8-9,15-17H,4,7,10-13H2,1H3;2*(H,6,7)/t15-,16+,17+;;/m0../s1. The molecule has 3 atom stereocenters. The quantitative estimate of drug-likeness (QED) is 0.519. The highest BCUT2D eigenvalue weighted by Crippen LogP contribution is 2.34. The highest BCUT2D eigenvalue weighted by Gasteiger charge is 2.44. The van der Waals surface area contributed by atoms with Gasteiger partial charge in [0.1, 0.15) is 5.01 Å². The molecule has 2 aromatic rings. The molecule has 2 aliphatic rings. The van der Waals surface area contributed by atoms with E-state index in [2.05, 4.69) is 31.2 Å². The predicted molar refractivity (Wildman–Crippen MR) is 122 cm³/mol. The van der Waals surface area contributed by atoms with Gasteiger partial charge in [0.05, 0.1) is 12.6 Å². The highest BCUT2D eigenvalue weighted by atomic mass is 32.1. The summed E-state index contributed by atoms with van der Waals surface area (Å²) >= 11 is 1.75. The average Bonchev–Trinajstić information content (AvgIpc) is 3.50. The molecule has 4 rings (SSSR count). The Bertz CT molecular complexity index is 986. The Morgan fingerprint density at radius 3 is 2.18 bits per heavy atom. The number of piperidine rings is 1. The van der Waals surface area contributed by atoms with E-state index in [0.29, 0.717) is 18.1 Å². The molecule has 0 saturated carbocycles. The van der Waals surface area contributed by atoms with Gasteiger partial charge < -0.3 is 14.9 Å². The summed E-state index contributed by atoms with van der Waals surface area (Å²) in [6, 6.07) is 4.74. The van der Waals surface area contributed by atoms with Crippen molar-refractivity contribution in [3.8, 4) is 0 Å². The normalized spacial score (nSPS) is 21.9. The summed E-state index contributed by atoms with van der Waals surface area (Å²) in [5.74, 6) is -4.93. The zero-order valence-electron chi connectivity index (χ0n) is 20.0. The van der Waals surface area contributed by atoms with Gasteiger partial charge in [-0.1, -0.05) is 6.07 Å². The fourth-order valence-electron chi connectivity index (χ4n) is 4.19. The number of fused-ring (bicyclic) bond motifs is 1. The lowest BCUT2D eigenvalue weighted by Crippen LogP contribution is -2.50. The topological polar surface area (TPSA) is 116 Å². The average molecular weight is 573 g/mol. The van der Waals surface area contributed by atoms with Crippen molar-refractivity contribution in [2.45, 2.75) is 44.0 Å². The second-order valence-corrected chi connectivity index (χ2v) is 9.33. The molecule has 0 radical (unpaired) electrons. The summed E-state index contributed by atoms with van der Waals surface area (Å²) in [5.41, 5.74) is 1.29. The minimum atomic E-state index is -5.08. The zero-order valence-corrected chi connectivity index (χ0v) is 20.8. The minimum Gasteiger partial charge on any atom is -0.475 e. The SMILES string of the molecule is CO[C@@H]1CCN(Cc2nccs2)[C@@H]2CN(Cc3cccnc3)C[C@@H]21.O=C(O)C(F)(F)F.O=C(O)C(F)(F)F. The van der Waals surface area contributed by atoms with Crippen LogP contribution in [0.1, 0.15) is 17.0 Å². The minimum absolute atomic E-state index is 0.376. The number of likely N-dealkylation sites (tertiary alicyclic amines) is 2. The molecule has 0 unspecified atom stereocenters. The zero-order chi connectivity index (χ0) is 28.5. The molecule has 212 valence electrons. The van der Waals surface area contributed by atoms with Crippen LogP contribution in [0.25, 0.3) is 0 Å². The number of hydrogen-bond acceptors (Lipinski definition) is 8. The number of methoxy groups -OCH3 is 1. The first kappa shape index (κ1) is 31.4. The summed E-state index contributed by atoms with van der Waals surface area (Å²) in [7, 11) is 1.86. The third kappa shape index (κ3) is 9.81. The Balaban J connectivity index is 0.000000301. The number of aromatic nitrogens is 2. The maximum Gasteiger partial charge on any atom is 0.490 e. The van der Waals surface area contributed by atoms with E-state index in [9.17, 15) is 26.3 Å². The van der Waals surface area contributed by atoms with E-state index in [0.717, 1.165) is 39.1 Å². The molecule has 4 heterocycles. The highest BCUT2D eigenvalue weighted by molar-refractivity contribution is 7.09. The van der Waals surface area contributed by atoms with Crippen molar-refractivity contribution in [2.24, 2.45) is 5.92 Å². The fraction of sp³-hybridized carbons (Fsp3) is 0.545. The first-order valence-electron chi connectivity index (χ1n) is 11.1. The van der Waals surface area contributed by atoms with Crippen molar-refractivity contribution in [3.63, 3.8) is 0 Å². The van der Waals surface area contributed by atoms with Crippen LogP contribution < -0.4 is 0 Å². The van der Waals surface area contributed by atoms with Crippen LogP contribution in [0.15, 0.2) is 36.1 Å². The lowest BCUT2D eigenvalue weighted by Gasteiger charge is -2.40. The summed E-state index contributed by atoms with van der Waals surface area (Å²) in [4.78, 5) is 31.7. The van der Waals surface area contributed by atoms with Gasteiger partial charge in [0.25, 0.3) is 0 Å². The molecule has 2 fully saturated rings. The summed E-state index contributed by atoms with van der Waals surface area (Å²) in [5, 5.41) is 17.5. The Kier molecular flexibility index (Phi) is 11.4. The Morgan fingerprint density at radius 1 is 1.08 bits per heavy atom. The van der Waals surface area contributed by atoms with E-state index in [1.165, 1.54) is 10.6 Å². The van der Waals surface area contributed by atoms with Crippen molar-refractivity contribution in [1.29, 1.82) is 0 Å². The van der Waals surface area contributed by atoms with Gasteiger partial charge in [-0.2, -0.15) is 26.3 Å². The molecule has 16 heteroatoms. The monoisotopic (exact) mass is 572 g/mol. The van der Waals surface area contributed by atoms with Crippen molar-refractivity contribution < 1.29 is 50.9 Å². The number of alkyl halides is 6. The number of carboxylic acid groups (broad SMARTS) is 2. The molecule has 9 nitrogen and oxygen atoms in total. The number of ether oxygens (including phenoxy) is 1. The van der Waals surface area contributed by atoms with Crippen LogP contribution in [-0.4, -0.2) is 93.2 Å². The Morgan fingerprint density at radius 2 is 1.71 bits per heavy atom. The smallest absolute Gasteiger partial charge is 0.475 e. The van der Waals surface area contributed by atoms with Crippen LogP contribution >= 0.6 is 11.3 Å². The van der Waals surface area contributed by atoms with Gasteiger partial charge in [-0.15, -0.1) is 11.3 Å². The number of halogens is 6. The fourth-order valence-corrected chi connectivity index (χ4v) is 4.83. The molecular weight excluding hydrogens is 546 g/mol. The Hall–Kier alpha value is -2.82. The van der Waals surface area contributed by atoms with E-state index < -0.39 is 24.3 Å². The molecule has 0 bridgehead atoms. The maximum absolute atomic E-state index is 10.6. The summed E-state index contributed by atoms with van der Waals surface area (Å²) in [6.07, 6.45) is -2.96.